The molecule has 0 spiro atoms. The molecular weight excluding hydrogens is 458 g/mol. The molecule has 3 atom stereocenters. The lowest BCUT2D eigenvalue weighted by Gasteiger charge is -2.22. The summed E-state index contributed by atoms with van der Waals surface area (Å²) in [6.07, 6.45) is 8.79. The molecule has 0 aliphatic carbocycles. The molecule has 0 aliphatic heterocycles. The number of ether oxygens (including phenoxy) is 1. The number of aliphatic hydroxyl groups is 1. The first-order valence-corrected chi connectivity index (χ1v) is 12.5. The fourth-order valence-electron chi connectivity index (χ4n) is 3.95. The number of aromatic amines is 1. The van der Waals surface area contributed by atoms with Gasteiger partial charge in [-0.3, -0.25) is 14.4 Å². The molecule has 1 heterocycles. The predicted molar refractivity (Wildman–Crippen MR) is 141 cm³/mol. The average molecular weight is 498 g/mol. The molecule has 0 aliphatic rings. The third-order valence-corrected chi connectivity index (χ3v) is 5.91. The number of hydrogen-bond donors (Lipinski definition) is 4. The Morgan fingerprint density at radius 2 is 1.92 bits per heavy atom. The molecule has 0 bridgehead atoms. The number of amides is 2. The summed E-state index contributed by atoms with van der Waals surface area (Å²) < 4.78 is 5.52. The summed E-state index contributed by atoms with van der Waals surface area (Å²) in [6, 6.07) is 6.99. The van der Waals surface area contributed by atoms with E-state index in [2.05, 4.69) is 28.8 Å². The Morgan fingerprint density at radius 3 is 2.64 bits per heavy atom. The molecule has 2 rings (SSSR count). The van der Waals surface area contributed by atoms with Crippen molar-refractivity contribution in [2.24, 2.45) is 5.92 Å². The number of carbonyl (C=O) groups excluding carboxylic acids is 3. The van der Waals surface area contributed by atoms with Gasteiger partial charge in [-0.1, -0.05) is 30.4 Å². The molecule has 0 unspecified atom stereocenters. The molecule has 2 aromatic rings. The SMILES string of the molecule is C=CCCCCC(=O)OC[C@H](Cc1c[nH]c2ccccc12)NC(=O)[C@H](CC=C)CC(=O)N[C@@H](C)CO. The van der Waals surface area contributed by atoms with Crippen molar-refractivity contribution in [2.45, 2.75) is 64.0 Å². The highest BCUT2D eigenvalue weighted by Gasteiger charge is 2.25. The lowest BCUT2D eigenvalue weighted by Crippen LogP contribution is -2.45. The van der Waals surface area contributed by atoms with Crippen LogP contribution in [-0.2, 0) is 25.5 Å². The van der Waals surface area contributed by atoms with Gasteiger partial charge >= 0.3 is 5.97 Å². The number of unbranched alkanes of at least 4 members (excludes halogenated alkanes) is 2. The van der Waals surface area contributed by atoms with E-state index in [0.717, 1.165) is 29.3 Å². The van der Waals surface area contributed by atoms with Gasteiger partial charge in [0.1, 0.15) is 6.61 Å². The Morgan fingerprint density at radius 1 is 1.14 bits per heavy atom. The minimum absolute atomic E-state index is 0.0279. The van der Waals surface area contributed by atoms with E-state index < -0.39 is 18.0 Å². The van der Waals surface area contributed by atoms with Crippen LogP contribution in [0.25, 0.3) is 10.9 Å². The smallest absolute Gasteiger partial charge is 0.305 e. The number of carbonyl (C=O) groups is 3. The lowest BCUT2D eigenvalue weighted by molar-refractivity contribution is -0.145. The highest BCUT2D eigenvalue weighted by Crippen LogP contribution is 2.20. The molecule has 4 N–H and O–H groups in total. The summed E-state index contributed by atoms with van der Waals surface area (Å²) in [5, 5.41) is 15.9. The van der Waals surface area contributed by atoms with Gasteiger partial charge in [-0.25, -0.2) is 0 Å². The summed E-state index contributed by atoms with van der Waals surface area (Å²) in [6.45, 7) is 8.92. The number of rotatable bonds is 17. The molecule has 0 saturated carbocycles. The quantitative estimate of drug-likeness (QED) is 0.151. The number of nitrogens with one attached hydrogen (secondary N) is 3. The van der Waals surface area contributed by atoms with Gasteiger partial charge in [0.25, 0.3) is 0 Å². The predicted octanol–water partition coefficient (Wildman–Crippen LogP) is 3.56. The zero-order valence-electron chi connectivity index (χ0n) is 21.1. The maximum absolute atomic E-state index is 13.2. The Bertz CT molecular complexity index is 1020. The minimum Gasteiger partial charge on any atom is -0.463 e. The van der Waals surface area contributed by atoms with Gasteiger partial charge in [0.05, 0.1) is 18.6 Å². The number of aromatic nitrogens is 1. The fourth-order valence-corrected chi connectivity index (χ4v) is 3.95. The first kappa shape index (κ1) is 28.8. The van der Waals surface area contributed by atoms with E-state index >= 15 is 0 Å². The van der Waals surface area contributed by atoms with Crippen LogP contribution in [0.1, 0.15) is 51.0 Å². The van der Waals surface area contributed by atoms with Crippen molar-refractivity contribution >= 4 is 28.7 Å². The highest BCUT2D eigenvalue weighted by atomic mass is 16.5. The first-order chi connectivity index (χ1) is 17.4. The normalized spacial score (nSPS) is 13.4. The highest BCUT2D eigenvalue weighted by molar-refractivity contribution is 5.86. The molecule has 0 fully saturated rings. The second-order valence-corrected chi connectivity index (χ2v) is 9.06. The molecule has 0 radical (unpaired) electrons. The van der Waals surface area contributed by atoms with Crippen LogP contribution in [0.4, 0.5) is 0 Å². The van der Waals surface area contributed by atoms with Gasteiger partial charge in [-0.2, -0.15) is 0 Å². The fraction of sp³-hybridized carbons (Fsp3) is 0.464. The van der Waals surface area contributed by atoms with Crippen molar-refractivity contribution in [1.29, 1.82) is 0 Å². The maximum atomic E-state index is 13.2. The molecule has 1 aromatic carbocycles. The number of esters is 1. The van der Waals surface area contributed by atoms with Gasteiger partial charge in [0, 0.05) is 36.0 Å². The Hall–Kier alpha value is -3.39. The summed E-state index contributed by atoms with van der Waals surface area (Å²) in [7, 11) is 0. The van der Waals surface area contributed by atoms with Crippen molar-refractivity contribution in [3.05, 3.63) is 61.3 Å². The van der Waals surface area contributed by atoms with E-state index in [1.807, 2.05) is 36.5 Å². The van der Waals surface area contributed by atoms with Crippen LogP contribution >= 0.6 is 0 Å². The number of benzene rings is 1. The monoisotopic (exact) mass is 497 g/mol. The Balaban J connectivity index is 2.09. The summed E-state index contributed by atoms with van der Waals surface area (Å²) in [5.41, 5.74) is 1.98. The topological polar surface area (TPSA) is 121 Å². The average Bonchev–Trinajstić information content (AvgIpc) is 3.27. The maximum Gasteiger partial charge on any atom is 0.305 e. The Kier molecular flexibility index (Phi) is 12.5. The number of H-pyrrole nitrogens is 1. The van der Waals surface area contributed by atoms with E-state index in [-0.39, 0.29) is 37.4 Å². The second-order valence-electron chi connectivity index (χ2n) is 9.06. The molecule has 0 saturated heterocycles. The van der Waals surface area contributed by atoms with Crippen molar-refractivity contribution in [1.82, 2.24) is 15.6 Å². The zero-order valence-corrected chi connectivity index (χ0v) is 21.1. The van der Waals surface area contributed by atoms with Crippen molar-refractivity contribution < 1.29 is 24.2 Å². The molecular formula is C28H39N3O5. The minimum atomic E-state index is -0.631. The van der Waals surface area contributed by atoms with E-state index in [1.165, 1.54) is 0 Å². The molecule has 2 amide bonds. The van der Waals surface area contributed by atoms with Gasteiger partial charge in [0.2, 0.25) is 11.8 Å². The van der Waals surface area contributed by atoms with E-state index in [1.54, 1.807) is 13.0 Å². The van der Waals surface area contributed by atoms with Crippen molar-refractivity contribution in [2.75, 3.05) is 13.2 Å². The van der Waals surface area contributed by atoms with Crippen LogP contribution in [0.3, 0.4) is 0 Å². The Labute approximate surface area is 213 Å². The van der Waals surface area contributed by atoms with E-state index in [0.29, 0.717) is 25.7 Å². The molecule has 36 heavy (non-hydrogen) atoms. The van der Waals surface area contributed by atoms with Crippen molar-refractivity contribution in [3.8, 4) is 0 Å². The van der Waals surface area contributed by atoms with Gasteiger partial charge in [-0.05, 0) is 50.7 Å². The van der Waals surface area contributed by atoms with Crippen LogP contribution < -0.4 is 10.6 Å². The third-order valence-electron chi connectivity index (χ3n) is 5.91. The summed E-state index contributed by atoms with van der Waals surface area (Å²) in [5.74, 6) is -1.57. The van der Waals surface area contributed by atoms with Crippen LogP contribution in [0, 0.1) is 5.92 Å². The van der Waals surface area contributed by atoms with Gasteiger partial charge in [0.15, 0.2) is 0 Å². The van der Waals surface area contributed by atoms with E-state index in [9.17, 15) is 19.5 Å². The van der Waals surface area contributed by atoms with Gasteiger partial charge < -0.3 is 25.5 Å². The standard InChI is InChI=1S/C28H39N3O5/c1-4-6-7-8-14-27(34)36-19-23(15-22-17-29-25-13-10-9-12-24(22)25)31-28(35)21(11-5-2)16-26(33)30-20(3)18-32/h4-5,9-10,12-13,17,20-21,23,29,32H,1-2,6-8,11,14-16,18-19H2,3H3,(H,30,33)(H,31,35)/t20-,21+,23-/m0/s1. The van der Waals surface area contributed by atoms with Crippen LogP contribution in [0.2, 0.25) is 0 Å². The van der Waals surface area contributed by atoms with E-state index in [4.69, 9.17) is 4.74 Å². The lowest BCUT2D eigenvalue weighted by atomic mass is 9.98. The third kappa shape index (κ3) is 9.70. The first-order valence-electron chi connectivity index (χ1n) is 12.5. The summed E-state index contributed by atoms with van der Waals surface area (Å²) >= 11 is 0. The second kappa shape index (κ2) is 15.6. The van der Waals surface area contributed by atoms with Crippen LogP contribution in [0.5, 0.6) is 0 Å². The molecule has 196 valence electrons. The van der Waals surface area contributed by atoms with Gasteiger partial charge in [-0.15, -0.1) is 13.2 Å². The number of allylic oxidation sites excluding steroid dienone is 2. The molecule has 1 aromatic heterocycles. The van der Waals surface area contributed by atoms with Crippen LogP contribution in [-0.4, -0.2) is 53.2 Å². The van der Waals surface area contributed by atoms with Crippen LogP contribution in [0.15, 0.2) is 55.8 Å². The number of para-hydroxylation sites is 1. The number of aliphatic hydroxyl groups excluding tert-OH is 1. The summed E-state index contributed by atoms with van der Waals surface area (Å²) in [4.78, 5) is 41.0. The number of hydrogen-bond acceptors (Lipinski definition) is 5. The zero-order chi connectivity index (χ0) is 26.3. The number of fused-ring (bicyclic) bond motifs is 1. The molecule has 8 heteroatoms. The van der Waals surface area contributed by atoms with Crippen molar-refractivity contribution in [3.63, 3.8) is 0 Å². The molecule has 8 nitrogen and oxygen atoms in total. The largest absolute Gasteiger partial charge is 0.463 e.